The number of pyridine rings is 1. The van der Waals surface area contributed by atoms with Crippen molar-refractivity contribution in [2.24, 2.45) is 0 Å². The molecule has 0 fully saturated rings. The molecule has 2 aromatic rings. The maximum atomic E-state index is 10.9. The number of hydrogen-bond acceptors (Lipinski definition) is 2. The highest BCUT2D eigenvalue weighted by molar-refractivity contribution is 6.44. The van der Waals surface area contributed by atoms with Crippen LogP contribution in [-0.4, -0.2) is 16.1 Å². The Kier molecular flexibility index (Phi) is 3.76. The van der Waals surface area contributed by atoms with Gasteiger partial charge < -0.3 is 5.11 Å². The summed E-state index contributed by atoms with van der Waals surface area (Å²) in [6.45, 7) is 0. The monoisotopic (exact) mass is 301 g/mol. The van der Waals surface area contributed by atoms with E-state index in [1.54, 1.807) is 6.07 Å². The minimum absolute atomic E-state index is 0.0784. The molecule has 0 bridgehead atoms. The number of carboxylic acid groups (broad SMARTS) is 1. The van der Waals surface area contributed by atoms with E-state index in [-0.39, 0.29) is 5.56 Å². The second-order valence-electron chi connectivity index (χ2n) is 3.51. The molecule has 0 atom stereocenters. The molecular weight excluding hydrogens is 296 g/mol. The van der Waals surface area contributed by atoms with Crippen LogP contribution in [0.3, 0.4) is 0 Å². The van der Waals surface area contributed by atoms with Gasteiger partial charge in [0.1, 0.15) is 0 Å². The van der Waals surface area contributed by atoms with Crippen LogP contribution in [0.2, 0.25) is 15.1 Å². The second-order valence-corrected chi connectivity index (χ2v) is 4.74. The van der Waals surface area contributed by atoms with Gasteiger partial charge in [-0.3, -0.25) is 4.98 Å². The van der Waals surface area contributed by atoms with Crippen molar-refractivity contribution in [3.63, 3.8) is 0 Å². The third-order valence-electron chi connectivity index (χ3n) is 2.31. The predicted molar refractivity (Wildman–Crippen MR) is 71.7 cm³/mol. The smallest absolute Gasteiger partial charge is 0.337 e. The summed E-state index contributed by atoms with van der Waals surface area (Å²) in [5.74, 6) is -1.06. The molecule has 0 saturated heterocycles. The summed E-state index contributed by atoms with van der Waals surface area (Å²) in [7, 11) is 0. The number of aromatic nitrogens is 1. The number of carboxylic acids is 1. The summed E-state index contributed by atoms with van der Waals surface area (Å²) in [5, 5.41) is 9.97. The molecule has 0 aliphatic carbocycles. The minimum Gasteiger partial charge on any atom is -0.478 e. The molecule has 18 heavy (non-hydrogen) atoms. The van der Waals surface area contributed by atoms with Crippen LogP contribution in [0.4, 0.5) is 0 Å². The van der Waals surface area contributed by atoms with E-state index >= 15 is 0 Å². The fraction of sp³-hybridized carbons (Fsp3) is 0. The number of hydrogen-bond donors (Lipinski definition) is 1. The molecule has 0 saturated carbocycles. The third kappa shape index (κ3) is 2.58. The van der Waals surface area contributed by atoms with E-state index in [1.165, 1.54) is 24.5 Å². The Balaban J connectivity index is 2.58. The van der Waals surface area contributed by atoms with Crippen LogP contribution < -0.4 is 0 Å². The van der Waals surface area contributed by atoms with E-state index in [0.717, 1.165) is 0 Å². The second kappa shape index (κ2) is 5.14. The zero-order chi connectivity index (χ0) is 13.3. The lowest BCUT2D eigenvalue weighted by atomic mass is 10.1. The number of rotatable bonds is 2. The van der Waals surface area contributed by atoms with Gasteiger partial charge in [0.15, 0.2) is 0 Å². The van der Waals surface area contributed by atoms with E-state index in [1.807, 2.05) is 0 Å². The molecule has 1 N–H and O–H groups in total. The molecule has 6 heteroatoms. The number of halogens is 3. The van der Waals surface area contributed by atoms with Crippen molar-refractivity contribution in [2.45, 2.75) is 0 Å². The zero-order valence-electron chi connectivity index (χ0n) is 8.82. The van der Waals surface area contributed by atoms with E-state index in [0.29, 0.717) is 26.2 Å². The van der Waals surface area contributed by atoms with Crippen LogP contribution in [0.15, 0.2) is 30.6 Å². The minimum atomic E-state index is -1.06. The normalized spacial score (nSPS) is 10.4. The predicted octanol–water partition coefficient (Wildman–Crippen LogP) is 4.41. The van der Waals surface area contributed by atoms with Crippen LogP contribution in [0.25, 0.3) is 11.1 Å². The summed E-state index contributed by atoms with van der Waals surface area (Å²) in [6.07, 6.45) is 2.77. The van der Waals surface area contributed by atoms with Crippen molar-refractivity contribution in [3.05, 3.63) is 51.2 Å². The van der Waals surface area contributed by atoms with Crippen molar-refractivity contribution in [1.29, 1.82) is 0 Å². The Morgan fingerprint density at radius 1 is 1.00 bits per heavy atom. The van der Waals surface area contributed by atoms with Gasteiger partial charge in [-0.25, -0.2) is 4.79 Å². The Morgan fingerprint density at radius 2 is 1.67 bits per heavy atom. The topological polar surface area (TPSA) is 50.2 Å². The lowest BCUT2D eigenvalue weighted by Gasteiger charge is -2.07. The molecule has 0 aliphatic rings. The van der Waals surface area contributed by atoms with E-state index < -0.39 is 5.97 Å². The Hall–Kier alpha value is -1.29. The van der Waals surface area contributed by atoms with Crippen molar-refractivity contribution >= 4 is 40.8 Å². The Labute approximate surface area is 118 Å². The van der Waals surface area contributed by atoms with Crippen molar-refractivity contribution in [2.75, 3.05) is 0 Å². The van der Waals surface area contributed by atoms with Crippen LogP contribution in [-0.2, 0) is 0 Å². The van der Waals surface area contributed by atoms with Gasteiger partial charge in [-0.15, -0.1) is 0 Å². The fourth-order valence-corrected chi connectivity index (χ4v) is 2.10. The van der Waals surface area contributed by atoms with Gasteiger partial charge in [-0.05, 0) is 18.2 Å². The first-order valence-electron chi connectivity index (χ1n) is 4.82. The lowest BCUT2D eigenvalue weighted by Crippen LogP contribution is -1.97. The van der Waals surface area contributed by atoms with E-state index in [2.05, 4.69) is 4.98 Å². The highest BCUT2D eigenvalue weighted by Gasteiger charge is 2.11. The van der Waals surface area contributed by atoms with Crippen molar-refractivity contribution in [1.82, 2.24) is 4.98 Å². The quantitative estimate of drug-likeness (QED) is 0.836. The number of carbonyl (C=O) groups is 1. The van der Waals surface area contributed by atoms with Crippen molar-refractivity contribution < 1.29 is 9.90 Å². The standard InChI is InChI=1S/C12H6Cl3NO2/c13-9-3-11(15)10(14)2-8(9)6-1-7(12(17)18)5-16-4-6/h1-5H,(H,17,18). The first-order valence-corrected chi connectivity index (χ1v) is 5.95. The number of nitrogens with zero attached hydrogens (tertiary/aromatic N) is 1. The maximum absolute atomic E-state index is 10.9. The molecule has 0 amide bonds. The maximum Gasteiger partial charge on any atom is 0.337 e. The summed E-state index contributed by atoms with van der Waals surface area (Å²) in [4.78, 5) is 14.7. The van der Waals surface area contributed by atoms with Crippen LogP contribution in [0.5, 0.6) is 0 Å². The van der Waals surface area contributed by atoms with Gasteiger partial charge in [0, 0.05) is 23.5 Å². The van der Waals surface area contributed by atoms with Crippen molar-refractivity contribution in [3.8, 4) is 11.1 Å². The average molecular weight is 303 g/mol. The van der Waals surface area contributed by atoms with E-state index in [4.69, 9.17) is 39.9 Å². The average Bonchev–Trinajstić information content (AvgIpc) is 2.34. The molecule has 3 nitrogen and oxygen atoms in total. The summed E-state index contributed by atoms with van der Waals surface area (Å²) < 4.78 is 0. The summed E-state index contributed by atoms with van der Waals surface area (Å²) >= 11 is 17.8. The molecular formula is C12H6Cl3NO2. The van der Waals surface area contributed by atoms with Crippen LogP contribution in [0.1, 0.15) is 10.4 Å². The molecule has 2 rings (SSSR count). The molecule has 0 aliphatic heterocycles. The van der Waals surface area contributed by atoms with Crippen LogP contribution in [0, 0.1) is 0 Å². The molecule has 0 spiro atoms. The van der Waals surface area contributed by atoms with Gasteiger partial charge in [0.25, 0.3) is 0 Å². The van der Waals surface area contributed by atoms with Gasteiger partial charge in [-0.2, -0.15) is 0 Å². The van der Waals surface area contributed by atoms with Gasteiger partial charge in [0.2, 0.25) is 0 Å². The molecule has 0 unspecified atom stereocenters. The highest BCUT2D eigenvalue weighted by atomic mass is 35.5. The molecule has 1 heterocycles. The molecule has 1 aromatic heterocycles. The first kappa shape index (κ1) is 13.1. The SMILES string of the molecule is O=C(O)c1cncc(-c2cc(Cl)c(Cl)cc2Cl)c1. The van der Waals surface area contributed by atoms with Gasteiger partial charge >= 0.3 is 5.97 Å². The first-order chi connectivity index (χ1) is 8.49. The molecule has 92 valence electrons. The lowest BCUT2D eigenvalue weighted by molar-refractivity contribution is 0.0696. The third-order valence-corrected chi connectivity index (χ3v) is 3.34. The molecule has 0 radical (unpaired) electrons. The molecule has 1 aromatic carbocycles. The van der Waals surface area contributed by atoms with Gasteiger partial charge in [-0.1, -0.05) is 34.8 Å². The summed E-state index contributed by atoms with van der Waals surface area (Å²) in [5.41, 5.74) is 1.23. The zero-order valence-corrected chi connectivity index (χ0v) is 11.1. The highest BCUT2D eigenvalue weighted by Crippen LogP contribution is 2.35. The fourth-order valence-electron chi connectivity index (χ4n) is 1.45. The largest absolute Gasteiger partial charge is 0.478 e. The van der Waals surface area contributed by atoms with Gasteiger partial charge in [0.05, 0.1) is 20.6 Å². The Bertz CT molecular complexity index is 629. The number of aromatic carboxylic acids is 1. The van der Waals surface area contributed by atoms with E-state index in [9.17, 15) is 4.79 Å². The number of benzene rings is 1. The van der Waals surface area contributed by atoms with Crippen LogP contribution >= 0.6 is 34.8 Å². The Morgan fingerprint density at radius 3 is 2.33 bits per heavy atom. The summed E-state index contributed by atoms with van der Waals surface area (Å²) in [6, 6.07) is 4.56.